The van der Waals surface area contributed by atoms with Gasteiger partial charge in [0.15, 0.2) is 11.8 Å². The summed E-state index contributed by atoms with van der Waals surface area (Å²) in [5.74, 6) is 2.77. The van der Waals surface area contributed by atoms with Crippen molar-refractivity contribution in [3.63, 3.8) is 0 Å². The summed E-state index contributed by atoms with van der Waals surface area (Å²) >= 11 is 3.55. The molecule has 0 aliphatic heterocycles. The number of benzene rings is 1. The van der Waals surface area contributed by atoms with Gasteiger partial charge >= 0.3 is 0 Å². The van der Waals surface area contributed by atoms with Crippen molar-refractivity contribution >= 4 is 45.9 Å². The molecule has 8 heteroatoms. The van der Waals surface area contributed by atoms with E-state index in [9.17, 15) is 0 Å². The van der Waals surface area contributed by atoms with E-state index in [1.54, 1.807) is 0 Å². The molecule has 2 rings (SSSR count). The summed E-state index contributed by atoms with van der Waals surface area (Å²) in [5, 5.41) is 10.5. The predicted molar refractivity (Wildman–Crippen MR) is 128 cm³/mol. The highest BCUT2D eigenvalue weighted by atomic mass is 127. The summed E-state index contributed by atoms with van der Waals surface area (Å²) in [5.41, 5.74) is 1.35. The summed E-state index contributed by atoms with van der Waals surface area (Å²) in [6.07, 6.45) is 3.83. The van der Waals surface area contributed by atoms with E-state index < -0.39 is 0 Å². The monoisotopic (exact) mass is 563 g/mol. The molecule has 1 unspecified atom stereocenters. The second kappa shape index (κ2) is 13.9. The highest BCUT2D eigenvalue weighted by Crippen LogP contribution is 2.17. The van der Waals surface area contributed by atoms with E-state index >= 15 is 0 Å². The third kappa shape index (κ3) is 9.36. The summed E-state index contributed by atoms with van der Waals surface area (Å²) in [4.78, 5) is 9.01. The van der Waals surface area contributed by atoms with Crippen molar-refractivity contribution in [2.75, 3.05) is 19.6 Å². The lowest BCUT2D eigenvalue weighted by Gasteiger charge is -2.15. The Balaban J connectivity index is 0.00000392. The number of rotatable bonds is 10. The first-order chi connectivity index (χ1) is 13.1. The summed E-state index contributed by atoms with van der Waals surface area (Å²) in [6, 6.07) is 8.52. The van der Waals surface area contributed by atoms with E-state index in [2.05, 4.69) is 74.8 Å². The predicted octanol–water partition coefficient (Wildman–Crippen LogP) is 4.52. The fraction of sp³-hybridized carbons (Fsp3) is 0.550. The van der Waals surface area contributed by atoms with Gasteiger partial charge in [0.2, 0.25) is 5.89 Å². The maximum absolute atomic E-state index is 5.14. The smallest absolute Gasteiger partial charge is 0.226 e. The number of aliphatic imine (C=N–C) groups is 1. The topological polar surface area (TPSA) is 75.3 Å². The van der Waals surface area contributed by atoms with Gasteiger partial charge in [-0.15, -0.1) is 24.0 Å². The van der Waals surface area contributed by atoms with Crippen LogP contribution in [0.15, 0.2) is 38.3 Å². The molecule has 0 aliphatic carbocycles. The van der Waals surface area contributed by atoms with Crippen LogP contribution in [0.5, 0.6) is 0 Å². The minimum atomic E-state index is 0. The minimum Gasteiger partial charge on any atom is -0.357 e. The molecule has 1 heterocycles. The van der Waals surface area contributed by atoms with Crippen LogP contribution in [0.2, 0.25) is 0 Å². The Hall–Kier alpha value is -1.16. The van der Waals surface area contributed by atoms with Crippen molar-refractivity contribution in [2.24, 2.45) is 10.9 Å². The third-order valence-corrected chi connectivity index (χ3v) is 4.77. The quantitative estimate of drug-likeness (QED) is 0.192. The van der Waals surface area contributed by atoms with E-state index in [1.165, 1.54) is 5.56 Å². The lowest BCUT2D eigenvalue weighted by atomic mass is 9.97. The number of hydrogen-bond donors (Lipinski definition) is 2. The van der Waals surface area contributed by atoms with Gasteiger partial charge in [0, 0.05) is 30.5 Å². The molecule has 6 nitrogen and oxygen atoms in total. The van der Waals surface area contributed by atoms with Crippen LogP contribution in [0.1, 0.15) is 44.0 Å². The maximum atomic E-state index is 5.14. The average Bonchev–Trinajstić information content (AvgIpc) is 3.07. The van der Waals surface area contributed by atoms with E-state index in [1.807, 2.05) is 6.92 Å². The first kappa shape index (κ1) is 24.9. The number of hydrogen-bond acceptors (Lipinski definition) is 4. The Bertz CT molecular complexity index is 722. The largest absolute Gasteiger partial charge is 0.357 e. The normalized spacial score (nSPS) is 12.4. The Labute approximate surface area is 193 Å². The maximum Gasteiger partial charge on any atom is 0.226 e. The number of guanidine groups is 1. The van der Waals surface area contributed by atoms with Gasteiger partial charge in [-0.3, -0.25) is 4.99 Å². The van der Waals surface area contributed by atoms with Crippen LogP contribution in [-0.2, 0) is 12.8 Å². The van der Waals surface area contributed by atoms with Crippen LogP contribution >= 0.6 is 39.9 Å². The zero-order valence-electron chi connectivity index (χ0n) is 16.9. The van der Waals surface area contributed by atoms with Crippen LogP contribution in [0.25, 0.3) is 0 Å². The Morgan fingerprint density at radius 2 is 2.11 bits per heavy atom. The number of nitrogens with zero attached hydrogens (tertiary/aromatic N) is 3. The van der Waals surface area contributed by atoms with Crippen LogP contribution in [0.4, 0.5) is 0 Å². The Morgan fingerprint density at radius 3 is 2.75 bits per heavy atom. The number of aromatic nitrogens is 2. The first-order valence-corrected chi connectivity index (χ1v) is 10.5. The highest BCUT2D eigenvalue weighted by Gasteiger charge is 2.09. The molecule has 1 aromatic heterocycles. The van der Waals surface area contributed by atoms with E-state index in [4.69, 9.17) is 9.52 Å². The molecule has 0 saturated heterocycles. The fourth-order valence-electron chi connectivity index (χ4n) is 2.79. The molecule has 0 spiro atoms. The molecule has 156 valence electrons. The minimum absolute atomic E-state index is 0. The van der Waals surface area contributed by atoms with Gasteiger partial charge in [-0.1, -0.05) is 46.6 Å². The van der Waals surface area contributed by atoms with Gasteiger partial charge < -0.3 is 15.2 Å². The standard InChI is InChI=1S/C20H30BrN5O.HI/c1-4-16(12-17-8-6-9-18(21)13-17)14-24-20(22-5-2)23-11-7-10-19-25-15(3)26-27-19;/h6,8-9,13,16H,4-5,7,10-12,14H2,1-3H3,(H2,22,23,24);1H. The molecule has 28 heavy (non-hydrogen) atoms. The summed E-state index contributed by atoms with van der Waals surface area (Å²) in [7, 11) is 0. The van der Waals surface area contributed by atoms with Gasteiger partial charge in [0.25, 0.3) is 0 Å². The molecular weight excluding hydrogens is 533 g/mol. The second-order valence-electron chi connectivity index (χ2n) is 6.59. The summed E-state index contributed by atoms with van der Waals surface area (Å²) < 4.78 is 6.27. The van der Waals surface area contributed by atoms with E-state index in [-0.39, 0.29) is 24.0 Å². The highest BCUT2D eigenvalue weighted by molar-refractivity contribution is 14.0. The van der Waals surface area contributed by atoms with Gasteiger partial charge in [0.05, 0.1) is 0 Å². The molecule has 2 aromatic rings. The van der Waals surface area contributed by atoms with E-state index in [0.29, 0.717) is 17.6 Å². The third-order valence-electron chi connectivity index (χ3n) is 4.27. The van der Waals surface area contributed by atoms with E-state index in [0.717, 1.165) is 55.7 Å². The van der Waals surface area contributed by atoms with Crippen LogP contribution in [0.3, 0.4) is 0 Å². The molecule has 2 N–H and O–H groups in total. The number of aryl methyl sites for hydroxylation is 2. The molecule has 0 saturated carbocycles. The number of halogens is 2. The molecular formula is C20H31BrIN5O. The number of nitrogens with one attached hydrogen (secondary N) is 2. The van der Waals surface area contributed by atoms with Crippen molar-refractivity contribution < 1.29 is 4.52 Å². The van der Waals surface area contributed by atoms with Gasteiger partial charge in [-0.25, -0.2) is 0 Å². The zero-order chi connectivity index (χ0) is 19.5. The Morgan fingerprint density at radius 1 is 1.29 bits per heavy atom. The molecule has 0 radical (unpaired) electrons. The molecule has 0 aliphatic rings. The fourth-order valence-corrected chi connectivity index (χ4v) is 3.23. The van der Waals surface area contributed by atoms with Crippen LogP contribution in [-0.4, -0.2) is 35.7 Å². The van der Waals surface area contributed by atoms with Crippen LogP contribution in [0, 0.1) is 12.8 Å². The van der Waals surface area contributed by atoms with Gasteiger partial charge in [-0.2, -0.15) is 4.98 Å². The first-order valence-electron chi connectivity index (χ1n) is 9.66. The average molecular weight is 564 g/mol. The summed E-state index contributed by atoms with van der Waals surface area (Å²) in [6.45, 7) is 8.61. The molecule has 0 amide bonds. The SMILES string of the molecule is CCNC(=NCC(CC)Cc1cccc(Br)c1)NCCCc1nc(C)no1.I. The molecule has 1 aromatic carbocycles. The lowest BCUT2D eigenvalue weighted by Crippen LogP contribution is -2.38. The molecule has 0 bridgehead atoms. The van der Waals surface area contributed by atoms with Gasteiger partial charge in [-0.05, 0) is 50.3 Å². The van der Waals surface area contributed by atoms with Crippen molar-refractivity contribution in [2.45, 2.75) is 46.5 Å². The molecule has 1 atom stereocenters. The molecule has 0 fully saturated rings. The zero-order valence-corrected chi connectivity index (χ0v) is 20.8. The van der Waals surface area contributed by atoms with Crippen molar-refractivity contribution in [1.29, 1.82) is 0 Å². The van der Waals surface area contributed by atoms with Crippen molar-refractivity contribution in [3.8, 4) is 0 Å². The van der Waals surface area contributed by atoms with Gasteiger partial charge in [0.1, 0.15) is 0 Å². The van der Waals surface area contributed by atoms with Crippen LogP contribution < -0.4 is 10.6 Å². The van der Waals surface area contributed by atoms with Crippen molar-refractivity contribution in [3.05, 3.63) is 46.0 Å². The second-order valence-corrected chi connectivity index (χ2v) is 7.51. The van der Waals surface area contributed by atoms with Crippen molar-refractivity contribution in [1.82, 2.24) is 20.8 Å². The lowest BCUT2D eigenvalue weighted by molar-refractivity contribution is 0.372. The Kier molecular flexibility index (Phi) is 12.4.